The van der Waals surface area contributed by atoms with Gasteiger partial charge in [0, 0.05) is 29.1 Å². The van der Waals surface area contributed by atoms with Crippen molar-refractivity contribution < 1.29 is 9.23 Å². The third-order valence-electron chi connectivity index (χ3n) is 4.29. The molecule has 0 aliphatic rings. The van der Waals surface area contributed by atoms with E-state index >= 15 is 0 Å². The normalized spacial score (nSPS) is 11.0. The Kier molecular flexibility index (Phi) is 6.31. The molecular formula is C22H22FN5O. The lowest BCUT2D eigenvalue weighted by molar-refractivity contribution is 0.300. The van der Waals surface area contributed by atoms with Crippen LogP contribution in [0.1, 0.15) is 11.1 Å². The summed E-state index contributed by atoms with van der Waals surface area (Å²) in [6.45, 7) is 9.70. The summed E-state index contributed by atoms with van der Waals surface area (Å²) in [6, 6.07) is 6.32. The number of pyridine rings is 1. The van der Waals surface area contributed by atoms with Gasteiger partial charge in [0.2, 0.25) is 0 Å². The second-order valence-corrected chi connectivity index (χ2v) is 6.47. The number of benzene rings is 1. The van der Waals surface area contributed by atoms with Crippen molar-refractivity contribution in [2.45, 2.75) is 13.5 Å². The molecule has 3 rings (SSSR count). The Balaban J connectivity index is 1.94. The summed E-state index contributed by atoms with van der Waals surface area (Å²) in [7, 11) is 1.92. The molecule has 7 heteroatoms. The minimum Gasteiger partial charge on any atom is -0.381 e. The van der Waals surface area contributed by atoms with Gasteiger partial charge in [-0.25, -0.2) is 14.9 Å². The molecule has 0 fully saturated rings. The van der Waals surface area contributed by atoms with Crippen LogP contribution in [0.3, 0.4) is 0 Å². The van der Waals surface area contributed by atoms with Crippen molar-refractivity contribution in [2.75, 3.05) is 12.5 Å². The number of anilines is 1. The van der Waals surface area contributed by atoms with Gasteiger partial charge < -0.3 is 10.2 Å². The molecule has 2 aromatic heterocycles. The van der Waals surface area contributed by atoms with Crippen LogP contribution < -0.4 is 10.8 Å². The van der Waals surface area contributed by atoms with E-state index in [9.17, 15) is 4.39 Å². The highest BCUT2D eigenvalue weighted by Crippen LogP contribution is 2.33. The van der Waals surface area contributed by atoms with Crippen LogP contribution in [0.5, 0.6) is 0 Å². The Morgan fingerprint density at radius 3 is 2.55 bits per heavy atom. The number of rotatable bonds is 8. The fraction of sp³-hybridized carbons (Fsp3) is 0.136. The Morgan fingerprint density at radius 2 is 1.86 bits per heavy atom. The molecule has 6 nitrogen and oxygen atoms in total. The van der Waals surface area contributed by atoms with Crippen molar-refractivity contribution in [3.8, 4) is 11.1 Å². The number of nitrogens with one attached hydrogen (secondary N) is 2. The maximum Gasteiger partial charge on any atom is 0.169 e. The summed E-state index contributed by atoms with van der Waals surface area (Å²) < 4.78 is 12.7. The first-order chi connectivity index (χ1) is 14.0. The highest BCUT2D eigenvalue weighted by molar-refractivity contribution is 6.01. The molecule has 148 valence electrons. The lowest BCUT2D eigenvalue weighted by atomic mass is 9.96. The number of hydrogen-bond acceptors (Lipinski definition) is 6. The van der Waals surface area contributed by atoms with Crippen molar-refractivity contribution in [2.24, 2.45) is 0 Å². The molecular weight excluding hydrogens is 369 g/mol. The molecule has 0 aliphatic carbocycles. The van der Waals surface area contributed by atoms with E-state index in [-0.39, 0.29) is 5.76 Å². The maximum absolute atomic E-state index is 12.7. The second-order valence-electron chi connectivity index (χ2n) is 6.47. The van der Waals surface area contributed by atoms with Crippen LogP contribution in [0.2, 0.25) is 0 Å². The Bertz CT molecular complexity index is 1090. The summed E-state index contributed by atoms with van der Waals surface area (Å²) in [6.07, 6.45) is 7.59. The fourth-order valence-electron chi connectivity index (χ4n) is 2.96. The summed E-state index contributed by atoms with van der Waals surface area (Å²) in [4.78, 5) is 9.82. The molecule has 0 amide bonds. The van der Waals surface area contributed by atoms with Crippen molar-refractivity contribution in [1.29, 1.82) is 0 Å². The number of aromatic nitrogens is 3. The van der Waals surface area contributed by atoms with Gasteiger partial charge in [-0.2, -0.15) is 10.2 Å². The van der Waals surface area contributed by atoms with Crippen LogP contribution in [0, 0.1) is 6.92 Å². The van der Waals surface area contributed by atoms with Crippen LogP contribution in [-0.2, 0) is 11.4 Å². The number of hydrogen-bond donors (Lipinski definition) is 2. The minimum absolute atomic E-state index is 0.209. The van der Waals surface area contributed by atoms with Gasteiger partial charge in [-0.3, -0.25) is 0 Å². The SMILES string of the molecule is C=C(F)/C=C\C(=C)ONc1ncc(-c2ccc(CNC)cc2C)c2cnncc12. The van der Waals surface area contributed by atoms with Gasteiger partial charge in [0.15, 0.2) is 5.82 Å². The average Bonchev–Trinajstić information content (AvgIpc) is 2.71. The van der Waals surface area contributed by atoms with Gasteiger partial charge in [-0.05, 0) is 42.8 Å². The monoisotopic (exact) mass is 391 g/mol. The molecule has 0 spiro atoms. The summed E-state index contributed by atoms with van der Waals surface area (Å²) >= 11 is 0. The number of nitrogens with zero attached hydrogens (tertiary/aromatic N) is 3. The van der Waals surface area contributed by atoms with Crippen molar-refractivity contribution in [3.05, 3.63) is 84.8 Å². The molecule has 0 bridgehead atoms. The lowest BCUT2D eigenvalue weighted by Gasteiger charge is -2.14. The van der Waals surface area contributed by atoms with Crippen LogP contribution in [0.25, 0.3) is 21.9 Å². The molecule has 0 saturated heterocycles. The third kappa shape index (κ3) is 4.83. The highest BCUT2D eigenvalue weighted by Gasteiger charge is 2.12. The quantitative estimate of drug-likeness (QED) is 0.332. The summed E-state index contributed by atoms with van der Waals surface area (Å²) in [5.74, 6) is 0.0756. The zero-order valence-electron chi connectivity index (χ0n) is 16.4. The lowest BCUT2D eigenvalue weighted by Crippen LogP contribution is -2.05. The molecule has 1 aromatic carbocycles. The predicted molar refractivity (Wildman–Crippen MR) is 114 cm³/mol. The third-order valence-corrected chi connectivity index (χ3v) is 4.29. The zero-order valence-corrected chi connectivity index (χ0v) is 16.4. The predicted octanol–water partition coefficient (Wildman–Crippen LogP) is 4.62. The first-order valence-corrected chi connectivity index (χ1v) is 8.97. The van der Waals surface area contributed by atoms with Crippen LogP contribution in [0.4, 0.5) is 10.2 Å². The van der Waals surface area contributed by atoms with E-state index < -0.39 is 5.83 Å². The Morgan fingerprint density at radius 1 is 1.10 bits per heavy atom. The molecule has 2 N–H and O–H groups in total. The van der Waals surface area contributed by atoms with Crippen molar-refractivity contribution >= 4 is 16.6 Å². The Labute approximate surface area is 168 Å². The molecule has 29 heavy (non-hydrogen) atoms. The van der Waals surface area contributed by atoms with E-state index in [1.165, 1.54) is 11.6 Å². The molecule has 3 aromatic rings. The minimum atomic E-state index is -0.589. The first kappa shape index (κ1) is 20.2. The topological polar surface area (TPSA) is 72.0 Å². The van der Waals surface area contributed by atoms with Gasteiger partial charge >= 0.3 is 0 Å². The van der Waals surface area contributed by atoms with E-state index in [0.29, 0.717) is 5.82 Å². The van der Waals surface area contributed by atoms with Gasteiger partial charge in [-0.15, -0.1) is 0 Å². The van der Waals surface area contributed by atoms with Gasteiger partial charge in [0.25, 0.3) is 0 Å². The number of allylic oxidation sites excluding steroid dienone is 3. The molecule has 0 atom stereocenters. The molecule has 0 radical (unpaired) electrons. The largest absolute Gasteiger partial charge is 0.381 e. The van der Waals surface area contributed by atoms with Crippen molar-refractivity contribution in [3.63, 3.8) is 0 Å². The smallest absolute Gasteiger partial charge is 0.169 e. The van der Waals surface area contributed by atoms with E-state index in [4.69, 9.17) is 4.84 Å². The number of fused-ring (bicyclic) bond motifs is 1. The second kappa shape index (κ2) is 9.07. The van der Waals surface area contributed by atoms with Gasteiger partial charge in [0.1, 0.15) is 11.6 Å². The molecule has 0 unspecified atom stereocenters. The van der Waals surface area contributed by atoms with E-state index in [1.807, 2.05) is 7.05 Å². The Hall–Kier alpha value is -3.58. The number of halogens is 1. The fourth-order valence-corrected chi connectivity index (χ4v) is 2.96. The van der Waals surface area contributed by atoms with Crippen LogP contribution in [-0.4, -0.2) is 22.2 Å². The first-order valence-electron chi connectivity index (χ1n) is 8.97. The maximum atomic E-state index is 12.7. The standard InChI is InChI=1S/C22H22FN5O/c1-14-9-17(10-24-4)7-8-18(14)19-11-25-22(21-13-27-26-12-20(19)21)28-29-16(3)6-5-15(2)23/h5-9,11-13,24H,2-3,10H2,1,4H3,(H,25,28)/b6-5-. The van der Waals surface area contributed by atoms with Gasteiger partial charge in [0.05, 0.1) is 12.4 Å². The van der Waals surface area contributed by atoms with Crippen molar-refractivity contribution in [1.82, 2.24) is 20.5 Å². The molecule has 0 saturated carbocycles. The van der Waals surface area contributed by atoms with E-state index in [2.05, 4.69) is 64.3 Å². The molecule has 0 aliphatic heterocycles. The number of aryl methyl sites for hydroxylation is 1. The van der Waals surface area contributed by atoms with Crippen LogP contribution in [0.15, 0.2) is 73.7 Å². The van der Waals surface area contributed by atoms with E-state index in [0.717, 1.165) is 40.1 Å². The average molecular weight is 391 g/mol. The summed E-state index contributed by atoms with van der Waals surface area (Å²) in [5.41, 5.74) is 7.10. The molecule has 2 heterocycles. The van der Waals surface area contributed by atoms with E-state index in [1.54, 1.807) is 18.6 Å². The van der Waals surface area contributed by atoms with Gasteiger partial charge in [-0.1, -0.05) is 31.4 Å². The highest BCUT2D eigenvalue weighted by atomic mass is 19.1. The summed E-state index contributed by atoms with van der Waals surface area (Å²) in [5, 5.41) is 12.8. The zero-order chi connectivity index (χ0) is 20.8. The van der Waals surface area contributed by atoms with Crippen LogP contribution >= 0.6 is 0 Å².